The van der Waals surface area contributed by atoms with Gasteiger partial charge in [-0.1, -0.05) is 12.1 Å². The van der Waals surface area contributed by atoms with Crippen LogP contribution in [0, 0.1) is 0 Å². The van der Waals surface area contributed by atoms with Crippen molar-refractivity contribution in [3.63, 3.8) is 0 Å². The summed E-state index contributed by atoms with van der Waals surface area (Å²) in [6, 6.07) is 10.2. The van der Waals surface area contributed by atoms with Crippen molar-refractivity contribution in [3.05, 3.63) is 47.5 Å². The van der Waals surface area contributed by atoms with E-state index in [1.165, 1.54) is 21.3 Å². The molecule has 0 heterocycles. The van der Waals surface area contributed by atoms with E-state index in [1.807, 2.05) is 0 Å². The number of benzene rings is 2. The van der Waals surface area contributed by atoms with Crippen molar-refractivity contribution >= 4 is 12.3 Å². The van der Waals surface area contributed by atoms with Gasteiger partial charge in [0.25, 0.3) is 0 Å². The first-order valence-electron chi connectivity index (χ1n) is 6.55. The summed E-state index contributed by atoms with van der Waals surface area (Å²) in [5.74, 6) is 0.454. The van der Waals surface area contributed by atoms with E-state index in [0.717, 1.165) is 0 Å². The summed E-state index contributed by atoms with van der Waals surface area (Å²) in [6.45, 7) is 0. The lowest BCUT2D eigenvalue weighted by molar-refractivity contribution is 0.0601. The zero-order valence-electron chi connectivity index (χ0n) is 12.6. The number of hydrogen-bond acceptors (Lipinski definition) is 5. The molecule has 114 valence electrons. The van der Waals surface area contributed by atoms with Crippen LogP contribution in [-0.4, -0.2) is 33.6 Å². The molecule has 22 heavy (non-hydrogen) atoms. The van der Waals surface area contributed by atoms with Gasteiger partial charge < -0.3 is 14.2 Å². The van der Waals surface area contributed by atoms with Crippen molar-refractivity contribution in [1.29, 1.82) is 0 Å². The minimum atomic E-state index is -0.493. The Bertz CT molecular complexity index is 706. The lowest BCUT2D eigenvalue weighted by Gasteiger charge is -2.14. The van der Waals surface area contributed by atoms with Crippen LogP contribution in [0.25, 0.3) is 11.1 Å². The van der Waals surface area contributed by atoms with Gasteiger partial charge in [0, 0.05) is 11.1 Å². The van der Waals surface area contributed by atoms with Gasteiger partial charge >= 0.3 is 5.97 Å². The minimum absolute atomic E-state index is 0.336. The van der Waals surface area contributed by atoms with Crippen LogP contribution in [0.3, 0.4) is 0 Å². The molecule has 0 fully saturated rings. The van der Waals surface area contributed by atoms with E-state index in [4.69, 9.17) is 14.2 Å². The van der Waals surface area contributed by atoms with Crippen molar-refractivity contribution in [1.82, 2.24) is 0 Å². The molecule has 0 radical (unpaired) electrons. The number of hydrogen-bond donors (Lipinski definition) is 0. The van der Waals surface area contributed by atoms with E-state index in [0.29, 0.717) is 40.0 Å². The normalized spacial score (nSPS) is 9.95. The van der Waals surface area contributed by atoms with Gasteiger partial charge in [-0.15, -0.1) is 0 Å². The number of esters is 1. The van der Waals surface area contributed by atoms with E-state index in [2.05, 4.69) is 0 Å². The first kappa shape index (κ1) is 15.6. The van der Waals surface area contributed by atoms with E-state index in [1.54, 1.807) is 36.4 Å². The summed E-state index contributed by atoms with van der Waals surface area (Å²) in [5.41, 5.74) is 1.98. The second-order valence-corrected chi connectivity index (χ2v) is 4.45. The molecule has 5 nitrogen and oxygen atoms in total. The van der Waals surface area contributed by atoms with E-state index in [9.17, 15) is 9.59 Å². The van der Waals surface area contributed by atoms with Gasteiger partial charge in [0.05, 0.1) is 32.5 Å². The summed E-state index contributed by atoms with van der Waals surface area (Å²) in [4.78, 5) is 23.2. The summed E-state index contributed by atoms with van der Waals surface area (Å²) >= 11 is 0. The second kappa shape index (κ2) is 6.76. The van der Waals surface area contributed by atoms with Crippen LogP contribution in [0.2, 0.25) is 0 Å². The summed E-state index contributed by atoms with van der Waals surface area (Å²) in [6.07, 6.45) is 0.712. The Hall–Kier alpha value is -2.82. The third-order valence-corrected chi connectivity index (χ3v) is 3.30. The van der Waals surface area contributed by atoms with Crippen LogP contribution in [0.1, 0.15) is 20.7 Å². The van der Waals surface area contributed by atoms with Crippen LogP contribution >= 0.6 is 0 Å². The third kappa shape index (κ3) is 2.79. The molecule has 2 rings (SSSR count). The number of methoxy groups -OCH3 is 3. The lowest BCUT2D eigenvalue weighted by atomic mass is 9.96. The molecule has 2 aromatic carbocycles. The number of rotatable bonds is 5. The third-order valence-electron chi connectivity index (χ3n) is 3.30. The largest absolute Gasteiger partial charge is 0.497 e. The molecule has 0 aromatic heterocycles. The van der Waals surface area contributed by atoms with Crippen molar-refractivity contribution in [3.8, 4) is 22.6 Å². The number of carbonyl (C=O) groups is 2. The van der Waals surface area contributed by atoms with Crippen LogP contribution in [0.4, 0.5) is 0 Å². The molecule has 0 N–H and O–H groups in total. The number of aldehydes is 1. The lowest BCUT2D eigenvalue weighted by Crippen LogP contribution is -2.05. The molecule has 0 aliphatic heterocycles. The second-order valence-electron chi connectivity index (χ2n) is 4.45. The predicted molar refractivity (Wildman–Crippen MR) is 81.7 cm³/mol. The SMILES string of the molecule is COC(=O)c1cc(OC)ccc1-c1cccc(C=O)c1OC. The fourth-order valence-electron chi connectivity index (χ4n) is 2.25. The highest BCUT2D eigenvalue weighted by atomic mass is 16.5. The average Bonchev–Trinajstić information content (AvgIpc) is 2.59. The maximum absolute atomic E-state index is 12.0. The van der Waals surface area contributed by atoms with Gasteiger partial charge in [0.15, 0.2) is 6.29 Å². The molecule has 0 aliphatic carbocycles. The van der Waals surface area contributed by atoms with Crippen molar-refractivity contribution in [2.75, 3.05) is 21.3 Å². The molecular formula is C17H16O5. The summed E-state index contributed by atoms with van der Waals surface area (Å²) in [7, 11) is 4.31. The van der Waals surface area contributed by atoms with Gasteiger partial charge in [0.1, 0.15) is 11.5 Å². The van der Waals surface area contributed by atoms with Gasteiger partial charge in [-0.2, -0.15) is 0 Å². The molecule has 0 aliphatic rings. The molecule has 5 heteroatoms. The highest BCUT2D eigenvalue weighted by Gasteiger charge is 2.19. The molecule has 0 amide bonds. The molecule has 0 saturated carbocycles. The quantitative estimate of drug-likeness (QED) is 0.627. The fourth-order valence-corrected chi connectivity index (χ4v) is 2.25. The van der Waals surface area contributed by atoms with Gasteiger partial charge in [0.2, 0.25) is 0 Å². The Morgan fingerprint density at radius 3 is 2.36 bits per heavy atom. The van der Waals surface area contributed by atoms with Crippen LogP contribution in [0.5, 0.6) is 11.5 Å². The molecular weight excluding hydrogens is 284 g/mol. The maximum Gasteiger partial charge on any atom is 0.338 e. The predicted octanol–water partition coefficient (Wildman–Crippen LogP) is 2.97. The first-order chi connectivity index (χ1) is 10.7. The van der Waals surface area contributed by atoms with Gasteiger partial charge in [-0.05, 0) is 24.3 Å². The number of carbonyl (C=O) groups excluding carboxylic acids is 2. The Kier molecular flexibility index (Phi) is 4.78. The Labute approximate surface area is 128 Å². The van der Waals surface area contributed by atoms with E-state index >= 15 is 0 Å². The standard InChI is InChI=1S/C17H16O5/c1-20-12-7-8-13(15(9-12)17(19)22-3)14-6-4-5-11(10-18)16(14)21-2/h4-10H,1-3H3. The van der Waals surface area contributed by atoms with Gasteiger partial charge in [-0.3, -0.25) is 4.79 Å². The molecule has 0 atom stereocenters. The molecule has 2 aromatic rings. The smallest absolute Gasteiger partial charge is 0.338 e. The molecule has 0 bridgehead atoms. The van der Waals surface area contributed by atoms with Crippen molar-refractivity contribution in [2.24, 2.45) is 0 Å². The Morgan fingerprint density at radius 2 is 1.77 bits per heavy atom. The Morgan fingerprint density at radius 1 is 1.00 bits per heavy atom. The minimum Gasteiger partial charge on any atom is -0.497 e. The van der Waals surface area contributed by atoms with Crippen molar-refractivity contribution < 1.29 is 23.8 Å². The van der Waals surface area contributed by atoms with Crippen LogP contribution in [0.15, 0.2) is 36.4 Å². The summed E-state index contributed by atoms with van der Waals surface area (Å²) in [5, 5.41) is 0. The molecule has 0 saturated heterocycles. The van der Waals surface area contributed by atoms with Gasteiger partial charge in [-0.25, -0.2) is 4.79 Å². The Balaban J connectivity index is 2.72. The average molecular weight is 300 g/mol. The molecule has 0 unspecified atom stereocenters. The monoisotopic (exact) mass is 300 g/mol. The topological polar surface area (TPSA) is 61.8 Å². The summed E-state index contributed by atoms with van der Waals surface area (Å²) < 4.78 is 15.3. The van der Waals surface area contributed by atoms with E-state index in [-0.39, 0.29) is 0 Å². The van der Waals surface area contributed by atoms with Crippen LogP contribution < -0.4 is 9.47 Å². The highest BCUT2D eigenvalue weighted by molar-refractivity contribution is 5.99. The zero-order chi connectivity index (χ0) is 16.1. The first-order valence-corrected chi connectivity index (χ1v) is 6.55. The molecule has 0 spiro atoms. The van der Waals surface area contributed by atoms with E-state index < -0.39 is 5.97 Å². The number of ether oxygens (including phenoxy) is 3. The maximum atomic E-state index is 12.0. The fraction of sp³-hybridized carbons (Fsp3) is 0.176. The number of para-hydroxylation sites is 1. The van der Waals surface area contributed by atoms with Crippen molar-refractivity contribution in [2.45, 2.75) is 0 Å². The van der Waals surface area contributed by atoms with Crippen LogP contribution in [-0.2, 0) is 4.74 Å². The highest BCUT2D eigenvalue weighted by Crippen LogP contribution is 2.36. The zero-order valence-corrected chi connectivity index (χ0v) is 12.6.